The molecule has 3 heteroatoms. The van der Waals surface area contributed by atoms with E-state index in [0.29, 0.717) is 5.56 Å². The first kappa shape index (κ1) is 11.1. The summed E-state index contributed by atoms with van der Waals surface area (Å²) in [5, 5.41) is 0. The summed E-state index contributed by atoms with van der Waals surface area (Å²) in [5.74, 6) is -0.173. The molecule has 1 radical (unpaired) electrons. The van der Waals surface area contributed by atoms with Crippen molar-refractivity contribution >= 4 is 0 Å². The lowest BCUT2D eigenvalue weighted by Gasteiger charge is -2.16. The zero-order valence-corrected chi connectivity index (χ0v) is 8.10. The van der Waals surface area contributed by atoms with Crippen molar-refractivity contribution in [2.75, 3.05) is 0 Å². The molecule has 0 aliphatic heterocycles. The summed E-state index contributed by atoms with van der Waals surface area (Å²) >= 11 is 0. The van der Waals surface area contributed by atoms with Crippen molar-refractivity contribution in [3.8, 4) is 0 Å². The zero-order chi connectivity index (χ0) is 10.8. The Morgan fingerprint density at radius 1 is 1.21 bits per heavy atom. The molecule has 0 saturated heterocycles. The number of rotatable bonds is 2. The fraction of sp³-hybridized carbons (Fsp3) is 0.364. The van der Waals surface area contributed by atoms with Gasteiger partial charge < -0.3 is 0 Å². The maximum absolute atomic E-state index is 12.5. The van der Waals surface area contributed by atoms with E-state index < -0.39 is 11.7 Å². The molecule has 0 amide bonds. The van der Waals surface area contributed by atoms with E-state index in [0.717, 1.165) is 6.07 Å². The van der Waals surface area contributed by atoms with Crippen LogP contribution in [-0.4, -0.2) is 0 Å². The monoisotopic (exact) mass is 201 g/mol. The van der Waals surface area contributed by atoms with Gasteiger partial charge in [0.25, 0.3) is 0 Å². The maximum Gasteiger partial charge on any atom is 0.416 e. The van der Waals surface area contributed by atoms with Gasteiger partial charge in [-0.1, -0.05) is 32.0 Å². The molecular weight excluding hydrogens is 189 g/mol. The lowest BCUT2D eigenvalue weighted by Crippen LogP contribution is -2.10. The van der Waals surface area contributed by atoms with Crippen molar-refractivity contribution in [3.05, 3.63) is 41.8 Å². The van der Waals surface area contributed by atoms with E-state index in [1.807, 2.05) is 0 Å². The van der Waals surface area contributed by atoms with Gasteiger partial charge in [0.15, 0.2) is 0 Å². The van der Waals surface area contributed by atoms with Crippen LogP contribution in [0.25, 0.3) is 0 Å². The van der Waals surface area contributed by atoms with Crippen molar-refractivity contribution in [1.29, 1.82) is 0 Å². The third-order valence-corrected chi connectivity index (χ3v) is 2.26. The normalized spacial score (nSPS) is 14.1. The van der Waals surface area contributed by atoms with Gasteiger partial charge in [-0.2, -0.15) is 13.2 Å². The fourth-order valence-electron chi connectivity index (χ4n) is 1.33. The second-order valence-corrected chi connectivity index (χ2v) is 3.21. The second-order valence-electron chi connectivity index (χ2n) is 3.21. The largest absolute Gasteiger partial charge is 0.416 e. The molecule has 0 fully saturated rings. The highest BCUT2D eigenvalue weighted by atomic mass is 19.4. The van der Waals surface area contributed by atoms with Crippen molar-refractivity contribution in [2.45, 2.75) is 25.9 Å². The molecular formula is C11H12F3. The lowest BCUT2D eigenvalue weighted by molar-refractivity contribution is -0.138. The summed E-state index contributed by atoms with van der Waals surface area (Å²) < 4.78 is 37.6. The summed E-state index contributed by atoms with van der Waals surface area (Å²) in [5.41, 5.74) is -0.201. The molecule has 1 aromatic rings. The quantitative estimate of drug-likeness (QED) is 0.677. The van der Waals surface area contributed by atoms with Gasteiger partial charge in [-0.3, -0.25) is 0 Å². The highest BCUT2D eigenvalue weighted by Crippen LogP contribution is 2.35. The van der Waals surface area contributed by atoms with Crippen molar-refractivity contribution in [3.63, 3.8) is 0 Å². The Morgan fingerprint density at radius 2 is 1.79 bits per heavy atom. The molecule has 0 aliphatic carbocycles. The Hall–Kier alpha value is -0.990. The summed E-state index contributed by atoms with van der Waals surface area (Å²) in [7, 11) is 0. The van der Waals surface area contributed by atoms with E-state index in [4.69, 9.17) is 0 Å². The van der Waals surface area contributed by atoms with Gasteiger partial charge in [0.05, 0.1) is 5.56 Å². The molecule has 0 saturated carbocycles. The molecule has 0 spiro atoms. The van der Waals surface area contributed by atoms with E-state index in [9.17, 15) is 13.2 Å². The molecule has 0 bridgehead atoms. The van der Waals surface area contributed by atoms with E-state index in [2.05, 4.69) is 0 Å². The Bertz CT molecular complexity index is 302. The first-order valence-electron chi connectivity index (χ1n) is 4.42. The van der Waals surface area contributed by atoms with E-state index in [1.165, 1.54) is 12.1 Å². The van der Waals surface area contributed by atoms with Gasteiger partial charge >= 0.3 is 6.18 Å². The van der Waals surface area contributed by atoms with Crippen LogP contribution in [0.4, 0.5) is 13.2 Å². The van der Waals surface area contributed by atoms with Crippen LogP contribution >= 0.6 is 0 Å². The van der Waals surface area contributed by atoms with Crippen LogP contribution in [0.15, 0.2) is 24.3 Å². The summed E-state index contributed by atoms with van der Waals surface area (Å²) in [6.07, 6.45) is -2.50. The smallest absolute Gasteiger partial charge is 0.166 e. The van der Waals surface area contributed by atoms with Gasteiger partial charge in [-0.05, 0) is 24.0 Å². The minimum Gasteiger partial charge on any atom is -0.166 e. The van der Waals surface area contributed by atoms with Crippen LogP contribution in [-0.2, 0) is 6.18 Å². The van der Waals surface area contributed by atoms with Crippen LogP contribution in [0.2, 0.25) is 0 Å². The molecule has 1 rings (SSSR count). The molecule has 0 nitrogen and oxygen atoms in total. The van der Waals surface area contributed by atoms with Crippen LogP contribution in [0.5, 0.6) is 0 Å². The molecule has 0 heterocycles. The minimum atomic E-state index is -4.26. The Balaban J connectivity index is 3.16. The molecule has 0 N–H and O–H groups in total. The Morgan fingerprint density at radius 3 is 2.29 bits per heavy atom. The van der Waals surface area contributed by atoms with Gasteiger partial charge in [0, 0.05) is 0 Å². The molecule has 1 atom stereocenters. The van der Waals surface area contributed by atoms with Crippen molar-refractivity contribution < 1.29 is 13.2 Å². The average molecular weight is 201 g/mol. The van der Waals surface area contributed by atoms with Crippen LogP contribution < -0.4 is 0 Å². The Kier molecular flexibility index (Phi) is 3.19. The second kappa shape index (κ2) is 4.03. The third-order valence-electron chi connectivity index (χ3n) is 2.26. The van der Waals surface area contributed by atoms with Crippen LogP contribution in [0.3, 0.4) is 0 Å². The summed E-state index contributed by atoms with van der Waals surface area (Å²) in [6.45, 7) is 3.52. The summed E-state index contributed by atoms with van der Waals surface area (Å²) in [6, 6.07) is 5.68. The summed E-state index contributed by atoms with van der Waals surface area (Å²) in [4.78, 5) is 0. The first-order valence-corrected chi connectivity index (χ1v) is 4.42. The van der Waals surface area contributed by atoms with Crippen molar-refractivity contribution in [2.24, 2.45) is 0 Å². The Labute approximate surface area is 81.8 Å². The van der Waals surface area contributed by atoms with Crippen LogP contribution in [0, 0.1) is 6.42 Å². The standard InChI is InChI=1S/C11H12F3/c1-3-8(2)9-6-4-5-7-10(9)11(12,13)14/h3-8H,1-2H3/t8-/m0/s1. The van der Waals surface area contributed by atoms with E-state index >= 15 is 0 Å². The van der Waals surface area contributed by atoms with E-state index in [-0.39, 0.29) is 5.92 Å². The lowest BCUT2D eigenvalue weighted by atomic mass is 9.93. The SMILES string of the molecule is C[CH][C@H](C)c1ccccc1C(F)(F)F. The topological polar surface area (TPSA) is 0 Å². The molecule has 14 heavy (non-hydrogen) atoms. The predicted molar refractivity (Wildman–Crippen MR) is 49.8 cm³/mol. The molecule has 0 unspecified atom stereocenters. The highest BCUT2D eigenvalue weighted by Gasteiger charge is 2.33. The predicted octanol–water partition coefficient (Wildman–Crippen LogP) is 4.03. The number of alkyl halides is 3. The highest BCUT2D eigenvalue weighted by molar-refractivity contribution is 5.33. The van der Waals surface area contributed by atoms with Gasteiger partial charge in [0.1, 0.15) is 0 Å². The number of halogens is 3. The average Bonchev–Trinajstić information content (AvgIpc) is 2.15. The van der Waals surface area contributed by atoms with Crippen LogP contribution in [0.1, 0.15) is 30.9 Å². The maximum atomic E-state index is 12.5. The zero-order valence-electron chi connectivity index (χ0n) is 8.10. The van der Waals surface area contributed by atoms with Gasteiger partial charge in [0.2, 0.25) is 0 Å². The van der Waals surface area contributed by atoms with Crippen molar-refractivity contribution in [1.82, 2.24) is 0 Å². The fourth-order valence-corrected chi connectivity index (χ4v) is 1.33. The number of hydrogen-bond acceptors (Lipinski definition) is 0. The van der Waals surface area contributed by atoms with Gasteiger partial charge in [-0.15, -0.1) is 0 Å². The minimum absolute atomic E-state index is 0.173. The molecule has 0 aliphatic rings. The molecule has 1 aromatic carbocycles. The first-order chi connectivity index (χ1) is 6.46. The molecule has 0 aromatic heterocycles. The third kappa shape index (κ3) is 2.28. The van der Waals surface area contributed by atoms with Gasteiger partial charge in [-0.25, -0.2) is 0 Å². The number of hydrogen-bond donors (Lipinski definition) is 0. The van der Waals surface area contributed by atoms with E-state index in [1.54, 1.807) is 26.3 Å². The number of benzene rings is 1. The molecule has 77 valence electrons.